The van der Waals surface area contributed by atoms with Crippen molar-refractivity contribution in [3.05, 3.63) is 24.2 Å². The van der Waals surface area contributed by atoms with E-state index in [2.05, 4.69) is 0 Å². The molecule has 0 radical (unpaired) electrons. The lowest BCUT2D eigenvalue weighted by Crippen LogP contribution is -2.39. The molecule has 1 aromatic rings. The van der Waals surface area contributed by atoms with Gasteiger partial charge in [0.15, 0.2) is 0 Å². The highest BCUT2D eigenvalue weighted by atomic mass is 31.2. The first-order valence-electron chi connectivity index (χ1n) is 6.22. The van der Waals surface area contributed by atoms with Crippen molar-refractivity contribution < 1.29 is 28.6 Å². The van der Waals surface area contributed by atoms with Gasteiger partial charge in [-0.2, -0.15) is 0 Å². The van der Waals surface area contributed by atoms with Gasteiger partial charge in [0.25, 0.3) is 0 Å². The molecule has 0 aliphatic carbocycles. The number of furan rings is 1. The molecular formula is C12H15NO6P-. The third-order valence-electron chi connectivity index (χ3n) is 3.28. The molecule has 1 aliphatic rings. The lowest BCUT2D eigenvalue weighted by molar-refractivity contribution is -0.305. The molecule has 7 nitrogen and oxygen atoms in total. The Kier molecular flexibility index (Phi) is 4.30. The average Bonchev–Trinajstić information content (AvgIpc) is 2.98. The Morgan fingerprint density at radius 3 is 2.85 bits per heavy atom. The van der Waals surface area contributed by atoms with Gasteiger partial charge in [-0.05, 0) is 18.6 Å². The van der Waals surface area contributed by atoms with Crippen LogP contribution in [0, 0.1) is 0 Å². The molecule has 110 valence electrons. The van der Waals surface area contributed by atoms with E-state index in [0.29, 0.717) is 25.1 Å². The van der Waals surface area contributed by atoms with Crippen molar-refractivity contribution in [2.45, 2.75) is 24.9 Å². The van der Waals surface area contributed by atoms with Gasteiger partial charge in [0.2, 0.25) is 13.3 Å². The molecule has 2 atom stereocenters. The van der Waals surface area contributed by atoms with E-state index in [1.807, 2.05) is 0 Å². The lowest BCUT2D eigenvalue weighted by Gasteiger charge is -2.27. The first-order chi connectivity index (χ1) is 9.40. The van der Waals surface area contributed by atoms with E-state index in [1.54, 1.807) is 6.07 Å². The summed E-state index contributed by atoms with van der Waals surface area (Å²) in [6, 6.07) is 3.09. The second kappa shape index (κ2) is 5.81. The Hall–Kier alpha value is -1.59. The van der Waals surface area contributed by atoms with Gasteiger partial charge in [-0.1, -0.05) is 0 Å². The number of nitrogens with zero attached hydrogens (tertiary/aromatic N) is 1. The predicted molar refractivity (Wildman–Crippen MR) is 66.8 cm³/mol. The van der Waals surface area contributed by atoms with E-state index in [-0.39, 0.29) is 12.3 Å². The van der Waals surface area contributed by atoms with Gasteiger partial charge in [-0.15, -0.1) is 0 Å². The molecule has 0 spiro atoms. The molecule has 1 aliphatic heterocycles. The number of carboxylic acid groups (broad SMARTS) is 1. The summed E-state index contributed by atoms with van der Waals surface area (Å²) in [5, 5.41) is 11.1. The molecule has 8 heteroatoms. The Morgan fingerprint density at radius 2 is 2.35 bits per heavy atom. The fourth-order valence-corrected chi connectivity index (χ4v) is 3.99. The van der Waals surface area contributed by atoms with Crippen LogP contribution in [0.25, 0.3) is 0 Å². The van der Waals surface area contributed by atoms with E-state index in [9.17, 15) is 24.2 Å². The van der Waals surface area contributed by atoms with Gasteiger partial charge < -0.3 is 24.1 Å². The average molecular weight is 300 g/mol. The van der Waals surface area contributed by atoms with Gasteiger partial charge in [-0.3, -0.25) is 9.36 Å². The predicted octanol–water partition coefficient (Wildman–Crippen LogP) is -0.209. The Morgan fingerprint density at radius 1 is 1.60 bits per heavy atom. The number of likely N-dealkylation sites (tertiary alicyclic amines) is 1. The number of hydrogen-bond acceptors (Lipinski definition) is 5. The summed E-state index contributed by atoms with van der Waals surface area (Å²) in [5.41, 5.74) is -1.58. The molecule has 1 fully saturated rings. The largest absolute Gasteiger partial charge is 0.549 e. The van der Waals surface area contributed by atoms with Gasteiger partial charge in [0.1, 0.15) is 5.76 Å². The van der Waals surface area contributed by atoms with Crippen molar-refractivity contribution in [3.63, 3.8) is 0 Å². The van der Waals surface area contributed by atoms with Gasteiger partial charge >= 0.3 is 0 Å². The van der Waals surface area contributed by atoms with Crippen LogP contribution in [0.3, 0.4) is 0 Å². The summed E-state index contributed by atoms with van der Waals surface area (Å²) in [4.78, 5) is 33.9. The van der Waals surface area contributed by atoms with E-state index in [0.717, 1.165) is 0 Å². The van der Waals surface area contributed by atoms with Crippen LogP contribution < -0.4 is 5.11 Å². The summed E-state index contributed by atoms with van der Waals surface area (Å²) in [7, 11) is -4.10. The molecule has 0 bridgehead atoms. The zero-order valence-corrected chi connectivity index (χ0v) is 11.6. The Balaban J connectivity index is 2.12. The fourth-order valence-electron chi connectivity index (χ4n) is 2.21. The monoisotopic (exact) mass is 300 g/mol. The Bertz CT molecular complexity index is 540. The minimum absolute atomic E-state index is 0.227. The first kappa shape index (κ1) is 14.8. The zero-order chi connectivity index (χ0) is 14.8. The zero-order valence-electron chi connectivity index (χ0n) is 10.7. The maximum Gasteiger partial charge on any atom is 0.228 e. The maximum atomic E-state index is 12.3. The standard InChI is InChI=1S/C12H16NO6P/c14-11-4-1-5-13(11)8-20(17,18)10(12(15)16)7-9-3-2-6-19-9/h2-3,6,10H,1,4-5,7-8H2,(H,15,16)(H,17,18)/p-1/t10-/m1/s1. The highest BCUT2D eigenvalue weighted by Crippen LogP contribution is 2.48. The van der Waals surface area contributed by atoms with Gasteiger partial charge in [0, 0.05) is 19.4 Å². The van der Waals surface area contributed by atoms with E-state index >= 15 is 0 Å². The molecule has 0 saturated carbocycles. The molecule has 1 N–H and O–H groups in total. The fraction of sp³-hybridized carbons (Fsp3) is 0.500. The van der Waals surface area contributed by atoms with Crippen molar-refractivity contribution in [2.75, 3.05) is 12.8 Å². The number of aliphatic carboxylic acids is 1. The van der Waals surface area contributed by atoms with Crippen LogP contribution in [0.15, 0.2) is 22.8 Å². The molecule has 1 aromatic heterocycles. The van der Waals surface area contributed by atoms with Crippen LogP contribution in [-0.4, -0.2) is 40.2 Å². The highest BCUT2D eigenvalue weighted by molar-refractivity contribution is 7.59. The highest BCUT2D eigenvalue weighted by Gasteiger charge is 2.37. The summed E-state index contributed by atoms with van der Waals surface area (Å²) in [6.45, 7) is 0.379. The maximum absolute atomic E-state index is 12.3. The smallest absolute Gasteiger partial charge is 0.228 e. The molecule has 2 heterocycles. The minimum atomic E-state index is -4.10. The van der Waals surface area contributed by atoms with E-state index in [1.165, 1.54) is 17.2 Å². The van der Waals surface area contributed by atoms with Gasteiger partial charge in [0.05, 0.1) is 24.2 Å². The molecular weight excluding hydrogens is 285 g/mol. The SMILES string of the molecule is O=C([O-])[C@@H](Cc1ccco1)P(=O)(O)CN1CCCC1=O. The third kappa shape index (κ3) is 3.29. The number of hydrogen-bond donors (Lipinski definition) is 1. The summed E-state index contributed by atoms with van der Waals surface area (Å²) in [5.74, 6) is -1.55. The molecule has 0 aromatic carbocycles. The second-order valence-corrected chi connectivity index (χ2v) is 7.19. The first-order valence-corrected chi connectivity index (χ1v) is 8.14. The summed E-state index contributed by atoms with van der Waals surface area (Å²) < 4.78 is 17.3. The van der Waals surface area contributed by atoms with E-state index in [4.69, 9.17) is 4.42 Å². The molecule has 1 unspecified atom stereocenters. The van der Waals surface area contributed by atoms with Crippen molar-refractivity contribution in [1.29, 1.82) is 0 Å². The quantitative estimate of drug-likeness (QED) is 0.728. The summed E-state index contributed by atoms with van der Waals surface area (Å²) in [6.07, 6.45) is 1.62. The second-order valence-electron chi connectivity index (χ2n) is 4.78. The molecule has 20 heavy (non-hydrogen) atoms. The topological polar surface area (TPSA) is 111 Å². The molecule has 2 rings (SSSR count). The van der Waals surface area contributed by atoms with Crippen LogP contribution >= 0.6 is 7.37 Å². The normalized spacial score (nSPS) is 19.9. The van der Waals surface area contributed by atoms with Crippen LogP contribution in [0.1, 0.15) is 18.6 Å². The van der Waals surface area contributed by atoms with Crippen LogP contribution in [-0.2, 0) is 20.6 Å². The number of carboxylic acids is 1. The summed E-state index contributed by atoms with van der Waals surface area (Å²) >= 11 is 0. The van der Waals surface area contributed by atoms with Crippen LogP contribution in [0.5, 0.6) is 0 Å². The van der Waals surface area contributed by atoms with Gasteiger partial charge in [-0.25, -0.2) is 0 Å². The molecule has 1 amide bonds. The lowest BCUT2D eigenvalue weighted by atomic mass is 10.2. The van der Waals surface area contributed by atoms with Crippen molar-refractivity contribution in [3.8, 4) is 0 Å². The van der Waals surface area contributed by atoms with Crippen molar-refractivity contribution >= 4 is 19.2 Å². The Labute approximate surface area is 115 Å². The van der Waals surface area contributed by atoms with Crippen LogP contribution in [0.4, 0.5) is 0 Å². The molecule has 1 saturated heterocycles. The number of carbonyl (C=O) groups excluding carboxylic acids is 2. The van der Waals surface area contributed by atoms with Crippen molar-refractivity contribution in [2.24, 2.45) is 0 Å². The number of rotatable bonds is 6. The van der Waals surface area contributed by atoms with Crippen molar-refractivity contribution in [1.82, 2.24) is 4.90 Å². The minimum Gasteiger partial charge on any atom is -0.549 e. The number of amides is 1. The third-order valence-corrected chi connectivity index (χ3v) is 5.39. The van der Waals surface area contributed by atoms with E-state index < -0.39 is 25.3 Å². The van der Waals surface area contributed by atoms with Crippen LogP contribution in [0.2, 0.25) is 0 Å². The number of carbonyl (C=O) groups is 2.